The Morgan fingerprint density at radius 3 is 2.78 bits per heavy atom. The van der Waals surface area contributed by atoms with E-state index in [1.807, 2.05) is 0 Å². The average molecular weight is 244 g/mol. The number of pyridine rings is 1. The first-order valence-electron chi connectivity index (χ1n) is 6.21. The van der Waals surface area contributed by atoms with Gasteiger partial charge < -0.3 is 15.4 Å². The van der Waals surface area contributed by atoms with Crippen molar-refractivity contribution in [1.29, 1.82) is 5.26 Å². The molecule has 0 aromatic carbocycles. The number of nitrogens with zero attached hydrogens (tertiary/aromatic N) is 3. The average Bonchev–Trinajstić information content (AvgIpc) is 2.37. The lowest BCUT2D eigenvalue weighted by atomic mass is 9.73. The van der Waals surface area contributed by atoms with E-state index in [2.05, 4.69) is 16.0 Å². The van der Waals surface area contributed by atoms with Gasteiger partial charge in [0.2, 0.25) is 0 Å². The van der Waals surface area contributed by atoms with Crippen molar-refractivity contribution in [2.75, 3.05) is 36.9 Å². The number of hydrogen-bond acceptors (Lipinski definition) is 5. The highest BCUT2D eigenvalue weighted by Gasteiger charge is 2.44. The molecule has 0 bridgehead atoms. The molecule has 0 saturated carbocycles. The first-order chi connectivity index (χ1) is 8.72. The van der Waals surface area contributed by atoms with Crippen LogP contribution in [0.15, 0.2) is 12.3 Å². The van der Waals surface area contributed by atoms with Crippen LogP contribution in [0.3, 0.4) is 0 Å². The number of aromatic nitrogens is 1. The number of nitrogens with two attached hydrogens (primary N) is 1. The van der Waals surface area contributed by atoms with Crippen molar-refractivity contribution < 1.29 is 4.74 Å². The van der Waals surface area contributed by atoms with E-state index in [0.717, 1.165) is 44.8 Å². The molecule has 18 heavy (non-hydrogen) atoms. The van der Waals surface area contributed by atoms with E-state index in [9.17, 15) is 0 Å². The molecule has 1 aromatic heterocycles. The smallest absolute Gasteiger partial charge is 0.125 e. The summed E-state index contributed by atoms with van der Waals surface area (Å²) in [6.07, 6.45) is 3.79. The minimum Gasteiger partial charge on any atom is -0.384 e. The molecule has 5 nitrogen and oxygen atoms in total. The van der Waals surface area contributed by atoms with Gasteiger partial charge in [0.05, 0.1) is 11.3 Å². The summed E-state index contributed by atoms with van der Waals surface area (Å²) in [5.41, 5.74) is 7.61. The molecule has 0 radical (unpaired) electrons. The molecule has 0 aliphatic carbocycles. The third-order valence-corrected chi connectivity index (χ3v) is 3.97. The van der Waals surface area contributed by atoms with Crippen LogP contribution >= 0.6 is 0 Å². The van der Waals surface area contributed by atoms with Crippen molar-refractivity contribution in [3.05, 3.63) is 17.8 Å². The van der Waals surface area contributed by atoms with Crippen LogP contribution in [0.1, 0.15) is 18.4 Å². The largest absolute Gasteiger partial charge is 0.384 e. The summed E-state index contributed by atoms with van der Waals surface area (Å²) in [6, 6.07) is 3.98. The SMILES string of the molecule is N#Cc1cnc(N)cc1N1CC2(CCOCC2)C1. The van der Waals surface area contributed by atoms with E-state index >= 15 is 0 Å². The highest BCUT2D eigenvalue weighted by molar-refractivity contribution is 5.64. The van der Waals surface area contributed by atoms with Crippen molar-refractivity contribution in [1.82, 2.24) is 4.98 Å². The predicted molar refractivity (Wildman–Crippen MR) is 68.1 cm³/mol. The van der Waals surface area contributed by atoms with Gasteiger partial charge >= 0.3 is 0 Å². The van der Waals surface area contributed by atoms with Gasteiger partial charge in [-0.2, -0.15) is 5.26 Å². The quantitative estimate of drug-likeness (QED) is 0.802. The Hall–Kier alpha value is -1.80. The van der Waals surface area contributed by atoms with E-state index in [-0.39, 0.29) is 0 Å². The van der Waals surface area contributed by atoms with E-state index in [1.165, 1.54) is 0 Å². The molecule has 1 spiro atoms. The highest BCUT2D eigenvalue weighted by atomic mass is 16.5. The van der Waals surface area contributed by atoms with Crippen LogP contribution in [0.25, 0.3) is 0 Å². The standard InChI is InChI=1S/C13H16N4O/c14-6-10-7-16-12(15)5-11(10)17-8-13(9-17)1-3-18-4-2-13/h5,7H,1-4,8-9H2,(H2,15,16). The van der Waals surface area contributed by atoms with Crippen LogP contribution in [0.4, 0.5) is 11.5 Å². The maximum atomic E-state index is 9.10. The van der Waals surface area contributed by atoms with Crippen LogP contribution < -0.4 is 10.6 Å². The van der Waals surface area contributed by atoms with E-state index in [0.29, 0.717) is 16.8 Å². The molecular weight excluding hydrogens is 228 g/mol. The number of hydrogen-bond donors (Lipinski definition) is 1. The summed E-state index contributed by atoms with van der Waals surface area (Å²) in [6.45, 7) is 3.71. The van der Waals surface area contributed by atoms with Crippen LogP contribution in [0, 0.1) is 16.7 Å². The molecule has 94 valence electrons. The molecule has 3 rings (SSSR count). The normalized spacial score (nSPS) is 21.4. The lowest BCUT2D eigenvalue weighted by Crippen LogP contribution is -2.58. The maximum Gasteiger partial charge on any atom is 0.125 e. The molecule has 5 heteroatoms. The molecule has 3 heterocycles. The van der Waals surface area contributed by atoms with Gasteiger partial charge in [-0.15, -0.1) is 0 Å². The predicted octanol–water partition coefficient (Wildman–Crippen LogP) is 1.15. The van der Waals surface area contributed by atoms with Gasteiger partial charge in [0, 0.05) is 44.0 Å². The summed E-state index contributed by atoms with van der Waals surface area (Å²) in [5, 5.41) is 9.10. The molecule has 2 saturated heterocycles. The second kappa shape index (κ2) is 4.14. The molecule has 2 aliphatic rings. The lowest BCUT2D eigenvalue weighted by molar-refractivity contribution is -0.000207. The minimum atomic E-state index is 0.392. The number of nitriles is 1. The van der Waals surface area contributed by atoms with Gasteiger partial charge in [-0.05, 0) is 12.8 Å². The van der Waals surface area contributed by atoms with Gasteiger partial charge in [-0.25, -0.2) is 4.98 Å². The summed E-state index contributed by atoms with van der Waals surface area (Å²) in [4.78, 5) is 6.19. The summed E-state index contributed by atoms with van der Waals surface area (Å²) in [5.74, 6) is 0.469. The third kappa shape index (κ3) is 1.79. The third-order valence-electron chi connectivity index (χ3n) is 3.97. The van der Waals surface area contributed by atoms with Crippen LogP contribution in [0.2, 0.25) is 0 Å². The second-order valence-corrected chi connectivity index (χ2v) is 5.21. The number of nitrogen functional groups attached to an aromatic ring is 1. The van der Waals surface area contributed by atoms with Crippen molar-refractivity contribution in [2.24, 2.45) is 5.41 Å². The minimum absolute atomic E-state index is 0.392. The zero-order valence-electron chi connectivity index (χ0n) is 10.2. The van der Waals surface area contributed by atoms with Crippen LogP contribution in [-0.4, -0.2) is 31.3 Å². The van der Waals surface area contributed by atoms with Crippen molar-refractivity contribution in [3.63, 3.8) is 0 Å². The van der Waals surface area contributed by atoms with Gasteiger partial charge in [-0.1, -0.05) is 0 Å². The molecule has 2 N–H and O–H groups in total. The van der Waals surface area contributed by atoms with Crippen molar-refractivity contribution in [3.8, 4) is 6.07 Å². The Bertz CT molecular complexity index is 494. The Morgan fingerprint density at radius 2 is 2.11 bits per heavy atom. The zero-order valence-corrected chi connectivity index (χ0v) is 10.2. The fourth-order valence-corrected chi connectivity index (χ4v) is 2.86. The summed E-state index contributed by atoms with van der Waals surface area (Å²) >= 11 is 0. The molecular formula is C13H16N4O. The van der Waals surface area contributed by atoms with E-state index < -0.39 is 0 Å². The fourth-order valence-electron chi connectivity index (χ4n) is 2.86. The molecule has 2 fully saturated rings. The molecule has 0 unspecified atom stereocenters. The Kier molecular flexibility index (Phi) is 2.60. The molecule has 0 amide bonds. The number of anilines is 2. The van der Waals surface area contributed by atoms with Crippen molar-refractivity contribution >= 4 is 11.5 Å². The van der Waals surface area contributed by atoms with Gasteiger partial charge in [0.25, 0.3) is 0 Å². The van der Waals surface area contributed by atoms with E-state index in [4.69, 9.17) is 15.7 Å². The van der Waals surface area contributed by atoms with Crippen LogP contribution in [-0.2, 0) is 4.74 Å². The summed E-state index contributed by atoms with van der Waals surface area (Å²) in [7, 11) is 0. The van der Waals surface area contributed by atoms with Crippen LogP contribution in [0.5, 0.6) is 0 Å². The van der Waals surface area contributed by atoms with Crippen molar-refractivity contribution in [2.45, 2.75) is 12.8 Å². The highest BCUT2D eigenvalue weighted by Crippen LogP contribution is 2.42. The Morgan fingerprint density at radius 1 is 1.39 bits per heavy atom. The monoisotopic (exact) mass is 244 g/mol. The number of rotatable bonds is 1. The maximum absolute atomic E-state index is 9.10. The topological polar surface area (TPSA) is 75.2 Å². The lowest BCUT2D eigenvalue weighted by Gasteiger charge is -2.53. The van der Waals surface area contributed by atoms with E-state index in [1.54, 1.807) is 12.3 Å². The summed E-state index contributed by atoms with van der Waals surface area (Å²) < 4.78 is 5.40. The Balaban J connectivity index is 1.78. The zero-order chi connectivity index (χ0) is 12.6. The first kappa shape index (κ1) is 11.3. The molecule has 1 aromatic rings. The van der Waals surface area contributed by atoms with Gasteiger partial charge in [-0.3, -0.25) is 0 Å². The molecule has 0 atom stereocenters. The Labute approximate surface area is 106 Å². The second-order valence-electron chi connectivity index (χ2n) is 5.21. The fraction of sp³-hybridized carbons (Fsp3) is 0.538. The van der Waals surface area contributed by atoms with Gasteiger partial charge in [0.1, 0.15) is 11.9 Å². The van der Waals surface area contributed by atoms with Gasteiger partial charge in [0.15, 0.2) is 0 Å². The number of ether oxygens (including phenoxy) is 1. The first-order valence-corrected chi connectivity index (χ1v) is 6.21. The molecule has 2 aliphatic heterocycles.